The Bertz CT molecular complexity index is 150. The quantitative estimate of drug-likeness (QED) is 0.601. The van der Waals surface area contributed by atoms with Crippen molar-refractivity contribution in [3.63, 3.8) is 0 Å². The van der Waals surface area contributed by atoms with Crippen LogP contribution in [0.25, 0.3) is 0 Å². The van der Waals surface area contributed by atoms with E-state index in [1.165, 1.54) is 38.5 Å². The van der Waals surface area contributed by atoms with E-state index in [9.17, 15) is 0 Å². The number of rotatable bonds is 4. The Morgan fingerprint density at radius 1 is 1.14 bits per heavy atom. The zero-order chi connectivity index (χ0) is 10.6. The smallest absolute Gasteiger partial charge is 0.0409 e. The summed E-state index contributed by atoms with van der Waals surface area (Å²) in [4.78, 5) is 0. The van der Waals surface area contributed by atoms with Gasteiger partial charge in [0.1, 0.15) is 0 Å². The minimum atomic E-state index is 0.923. The lowest BCUT2D eigenvalue weighted by Crippen LogP contribution is -2.18. The van der Waals surface area contributed by atoms with Gasteiger partial charge in [-0.25, -0.2) is 0 Å². The van der Waals surface area contributed by atoms with Gasteiger partial charge in [-0.05, 0) is 36.5 Å². The molecule has 0 nitrogen and oxygen atoms in total. The molecule has 0 aliphatic heterocycles. The first-order valence-corrected chi connectivity index (χ1v) is 6.63. The highest BCUT2D eigenvalue weighted by molar-refractivity contribution is 4.73. The van der Waals surface area contributed by atoms with Crippen LogP contribution in [0, 0.1) is 23.7 Å². The predicted octanol–water partition coefficient (Wildman–Crippen LogP) is 4.89. The van der Waals surface area contributed by atoms with Crippen LogP contribution >= 0.6 is 0 Å². The summed E-state index contributed by atoms with van der Waals surface area (Å²) in [6.07, 6.45) is 8.81. The highest BCUT2D eigenvalue weighted by atomic mass is 14.3. The highest BCUT2D eigenvalue weighted by Gasteiger charge is 2.22. The third-order valence-electron chi connectivity index (χ3n) is 4.37. The fourth-order valence-electron chi connectivity index (χ4n) is 2.93. The van der Waals surface area contributed by atoms with Crippen molar-refractivity contribution in [3.05, 3.63) is 0 Å². The Morgan fingerprint density at radius 2 is 1.86 bits per heavy atom. The SMILES string of the molecule is CCC(C)C(C)CC1CCCC(C)C1. The predicted molar refractivity (Wildman–Crippen MR) is 64.4 cm³/mol. The fraction of sp³-hybridized carbons (Fsp3) is 1.00. The summed E-state index contributed by atoms with van der Waals surface area (Å²) in [5, 5.41) is 0. The van der Waals surface area contributed by atoms with Gasteiger partial charge >= 0.3 is 0 Å². The van der Waals surface area contributed by atoms with Crippen LogP contribution in [0.5, 0.6) is 0 Å². The first-order valence-electron chi connectivity index (χ1n) is 6.63. The molecule has 0 aromatic rings. The monoisotopic (exact) mass is 196 g/mol. The Hall–Kier alpha value is 0. The molecule has 1 rings (SSSR count). The van der Waals surface area contributed by atoms with E-state index in [2.05, 4.69) is 27.7 Å². The normalized spacial score (nSPS) is 32.6. The summed E-state index contributed by atoms with van der Waals surface area (Å²) in [7, 11) is 0. The average molecular weight is 196 g/mol. The van der Waals surface area contributed by atoms with Gasteiger partial charge in [0, 0.05) is 0 Å². The van der Waals surface area contributed by atoms with Crippen LogP contribution in [0.4, 0.5) is 0 Å². The van der Waals surface area contributed by atoms with E-state index >= 15 is 0 Å². The molecule has 1 aliphatic rings. The topological polar surface area (TPSA) is 0 Å². The molecular formula is C14H28. The van der Waals surface area contributed by atoms with Crippen molar-refractivity contribution in [2.45, 2.75) is 66.2 Å². The number of hydrogen-bond acceptors (Lipinski definition) is 0. The van der Waals surface area contributed by atoms with Crippen LogP contribution in [-0.4, -0.2) is 0 Å². The summed E-state index contributed by atoms with van der Waals surface area (Å²) in [6, 6.07) is 0. The molecule has 0 bridgehead atoms. The second-order valence-electron chi connectivity index (χ2n) is 5.74. The van der Waals surface area contributed by atoms with Gasteiger partial charge in [-0.15, -0.1) is 0 Å². The van der Waals surface area contributed by atoms with Gasteiger partial charge in [-0.3, -0.25) is 0 Å². The van der Waals surface area contributed by atoms with Crippen molar-refractivity contribution in [2.24, 2.45) is 23.7 Å². The van der Waals surface area contributed by atoms with E-state index in [4.69, 9.17) is 0 Å². The maximum atomic E-state index is 2.45. The van der Waals surface area contributed by atoms with Crippen molar-refractivity contribution >= 4 is 0 Å². The van der Waals surface area contributed by atoms with E-state index in [1.807, 2.05) is 0 Å². The first-order chi connectivity index (χ1) is 6.63. The van der Waals surface area contributed by atoms with Crippen molar-refractivity contribution < 1.29 is 0 Å². The van der Waals surface area contributed by atoms with Crippen LogP contribution in [-0.2, 0) is 0 Å². The molecular weight excluding hydrogens is 168 g/mol. The molecule has 0 amide bonds. The molecule has 0 radical (unpaired) electrons. The standard InChI is InChI=1S/C14H28/c1-5-12(3)13(4)10-14-8-6-7-11(2)9-14/h11-14H,5-10H2,1-4H3. The zero-order valence-corrected chi connectivity index (χ0v) is 10.6. The van der Waals surface area contributed by atoms with Gasteiger partial charge in [-0.2, -0.15) is 0 Å². The third-order valence-corrected chi connectivity index (χ3v) is 4.37. The summed E-state index contributed by atoms with van der Waals surface area (Å²) in [5.41, 5.74) is 0. The molecule has 0 N–H and O–H groups in total. The first kappa shape index (κ1) is 12.1. The molecule has 1 fully saturated rings. The van der Waals surface area contributed by atoms with E-state index in [0.29, 0.717) is 0 Å². The minimum Gasteiger partial charge on any atom is -0.0651 e. The summed E-state index contributed by atoms with van der Waals surface area (Å²) in [6.45, 7) is 9.62. The van der Waals surface area contributed by atoms with Gasteiger partial charge < -0.3 is 0 Å². The van der Waals surface area contributed by atoms with Gasteiger partial charge in [0.2, 0.25) is 0 Å². The molecule has 14 heavy (non-hydrogen) atoms. The summed E-state index contributed by atoms with van der Waals surface area (Å²) in [5.74, 6) is 3.91. The maximum Gasteiger partial charge on any atom is -0.0409 e. The van der Waals surface area contributed by atoms with E-state index in [0.717, 1.165) is 23.7 Å². The maximum absolute atomic E-state index is 2.45. The molecule has 0 heterocycles. The van der Waals surface area contributed by atoms with Crippen molar-refractivity contribution in [3.8, 4) is 0 Å². The fourth-order valence-corrected chi connectivity index (χ4v) is 2.93. The summed E-state index contributed by atoms with van der Waals surface area (Å²) < 4.78 is 0. The Morgan fingerprint density at radius 3 is 2.43 bits per heavy atom. The highest BCUT2D eigenvalue weighted by Crippen LogP contribution is 2.34. The van der Waals surface area contributed by atoms with Gasteiger partial charge in [0.05, 0.1) is 0 Å². The second kappa shape index (κ2) is 5.78. The lowest BCUT2D eigenvalue weighted by molar-refractivity contribution is 0.215. The zero-order valence-electron chi connectivity index (χ0n) is 10.6. The minimum absolute atomic E-state index is 0.923. The van der Waals surface area contributed by atoms with Gasteiger partial charge in [-0.1, -0.05) is 53.4 Å². The molecule has 1 saturated carbocycles. The molecule has 0 heteroatoms. The van der Waals surface area contributed by atoms with E-state index < -0.39 is 0 Å². The van der Waals surface area contributed by atoms with Crippen LogP contribution in [0.15, 0.2) is 0 Å². The molecule has 0 spiro atoms. The van der Waals surface area contributed by atoms with Crippen molar-refractivity contribution in [2.75, 3.05) is 0 Å². The second-order valence-corrected chi connectivity index (χ2v) is 5.74. The third kappa shape index (κ3) is 3.63. The van der Waals surface area contributed by atoms with Crippen molar-refractivity contribution in [1.82, 2.24) is 0 Å². The Labute approximate surface area is 90.5 Å². The summed E-state index contributed by atoms with van der Waals surface area (Å²) >= 11 is 0. The average Bonchev–Trinajstić information content (AvgIpc) is 2.16. The molecule has 84 valence electrons. The molecule has 4 atom stereocenters. The molecule has 1 aliphatic carbocycles. The lowest BCUT2D eigenvalue weighted by Gasteiger charge is -2.30. The Kier molecular flexibility index (Phi) is 4.98. The Balaban J connectivity index is 2.28. The van der Waals surface area contributed by atoms with E-state index in [-0.39, 0.29) is 0 Å². The van der Waals surface area contributed by atoms with Crippen LogP contribution in [0.2, 0.25) is 0 Å². The molecule has 0 aromatic carbocycles. The van der Waals surface area contributed by atoms with Crippen molar-refractivity contribution in [1.29, 1.82) is 0 Å². The molecule has 4 unspecified atom stereocenters. The van der Waals surface area contributed by atoms with Gasteiger partial charge in [0.25, 0.3) is 0 Å². The largest absolute Gasteiger partial charge is 0.0651 e. The lowest BCUT2D eigenvalue weighted by atomic mass is 9.76. The number of hydrogen-bond donors (Lipinski definition) is 0. The van der Waals surface area contributed by atoms with Crippen LogP contribution in [0.1, 0.15) is 66.2 Å². The molecule has 0 saturated heterocycles. The van der Waals surface area contributed by atoms with Crippen LogP contribution in [0.3, 0.4) is 0 Å². The van der Waals surface area contributed by atoms with Crippen LogP contribution < -0.4 is 0 Å². The van der Waals surface area contributed by atoms with E-state index in [1.54, 1.807) is 0 Å². The molecule has 0 aromatic heterocycles. The van der Waals surface area contributed by atoms with Gasteiger partial charge in [0.15, 0.2) is 0 Å².